The summed E-state index contributed by atoms with van der Waals surface area (Å²) in [6.45, 7) is 11.9. The molecule has 0 saturated heterocycles. The smallest absolute Gasteiger partial charge is 0.248 e. The molecule has 0 spiro atoms. The van der Waals surface area contributed by atoms with Gasteiger partial charge in [-0.3, -0.25) is 9.59 Å². The van der Waals surface area contributed by atoms with Gasteiger partial charge in [-0.2, -0.15) is 0 Å². The number of carbonyl (C=O) groups excluding carboxylic acids is 2. The lowest BCUT2D eigenvalue weighted by atomic mass is 9.83. The lowest BCUT2D eigenvalue weighted by molar-refractivity contribution is -0.128. The van der Waals surface area contributed by atoms with Crippen molar-refractivity contribution in [3.05, 3.63) is 35.4 Å². The van der Waals surface area contributed by atoms with Crippen molar-refractivity contribution in [1.29, 1.82) is 0 Å². The number of hydrogen-bond donors (Lipinski definition) is 2. The number of nitrogens with two attached hydrogens (primary N) is 1. The SMILES string of the molecule is CC(C)(C)N[C@@H](Cc1ccc(C(N)=O)cc1)C(=O)C(C)(C)C. The van der Waals surface area contributed by atoms with Gasteiger partial charge >= 0.3 is 0 Å². The van der Waals surface area contributed by atoms with E-state index in [0.717, 1.165) is 5.56 Å². The molecule has 1 amide bonds. The van der Waals surface area contributed by atoms with E-state index < -0.39 is 11.3 Å². The first-order valence-electron chi connectivity index (χ1n) is 7.61. The molecule has 0 bridgehead atoms. The Morgan fingerprint density at radius 3 is 1.91 bits per heavy atom. The summed E-state index contributed by atoms with van der Waals surface area (Å²) < 4.78 is 0. The second kappa shape index (κ2) is 6.61. The molecule has 4 nitrogen and oxygen atoms in total. The number of hydrogen-bond acceptors (Lipinski definition) is 3. The van der Waals surface area contributed by atoms with Crippen LogP contribution >= 0.6 is 0 Å². The first kappa shape index (κ1) is 18.4. The van der Waals surface area contributed by atoms with E-state index >= 15 is 0 Å². The number of benzene rings is 1. The van der Waals surface area contributed by atoms with Crippen molar-refractivity contribution in [2.24, 2.45) is 11.1 Å². The van der Waals surface area contributed by atoms with Crippen LogP contribution in [0.15, 0.2) is 24.3 Å². The maximum absolute atomic E-state index is 12.7. The Morgan fingerprint density at radius 2 is 1.55 bits per heavy atom. The zero-order valence-electron chi connectivity index (χ0n) is 14.5. The van der Waals surface area contributed by atoms with Crippen LogP contribution in [0, 0.1) is 5.41 Å². The summed E-state index contributed by atoms with van der Waals surface area (Å²) in [5, 5.41) is 3.41. The van der Waals surface area contributed by atoms with Gasteiger partial charge in [-0.15, -0.1) is 0 Å². The zero-order chi connectivity index (χ0) is 17.1. The molecule has 122 valence electrons. The van der Waals surface area contributed by atoms with Gasteiger partial charge in [0.05, 0.1) is 6.04 Å². The van der Waals surface area contributed by atoms with E-state index in [0.29, 0.717) is 12.0 Å². The Morgan fingerprint density at radius 1 is 1.05 bits per heavy atom. The predicted octanol–water partition coefficient (Wildman–Crippen LogP) is 2.70. The summed E-state index contributed by atoms with van der Waals surface area (Å²) >= 11 is 0. The summed E-state index contributed by atoms with van der Waals surface area (Å²) in [6, 6.07) is 6.85. The highest BCUT2D eigenvalue weighted by Gasteiger charge is 2.31. The average molecular weight is 304 g/mol. The minimum Gasteiger partial charge on any atom is -0.366 e. The van der Waals surface area contributed by atoms with Crippen molar-refractivity contribution >= 4 is 11.7 Å². The van der Waals surface area contributed by atoms with Crippen molar-refractivity contribution in [3.8, 4) is 0 Å². The second-order valence-corrected chi connectivity index (χ2v) is 7.83. The van der Waals surface area contributed by atoms with Gasteiger partial charge in [-0.25, -0.2) is 0 Å². The minimum atomic E-state index is -0.443. The molecule has 0 aromatic heterocycles. The van der Waals surface area contributed by atoms with E-state index in [4.69, 9.17) is 5.73 Å². The summed E-state index contributed by atoms with van der Waals surface area (Å²) in [7, 11) is 0. The van der Waals surface area contributed by atoms with Crippen LogP contribution in [0.4, 0.5) is 0 Å². The Kier molecular flexibility index (Phi) is 5.52. The van der Waals surface area contributed by atoms with E-state index in [-0.39, 0.29) is 17.4 Å². The molecule has 0 saturated carbocycles. The van der Waals surface area contributed by atoms with Gasteiger partial charge in [0.2, 0.25) is 5.91 Å². The highest BCUT2D eigenvalue weighted by Crippen LogP contribution is 2.21. The van der Waals surface area contributed by atoms with Gasteiger partial charge in [0, 0.05) is 16.5 Å². The zero-order valence-corrected chi connectivity index (χ0v) is 14.5. The van der Waals surface area contributed by atoms with Crippen LogP contribution in [0.2, 0.25) is 0 Å². The Balaban J connectivity index is 2.97. The largest absolute Gasteiger partial charge is 0.366 e. The lowest BCUT2D eigenvalue weighted by Crippen LogP contribution is -2.51. The fourth-order valence-corrected chi connectivity index (χ4v) is 2.30. The molecule has 0 aliphatic carbocycles. The summed E-state index contributed by atoms with van der Waals surface area (Å²) in [6.07, 6.45) is 0.590. The monoisotopic (exact) mass is 304 g/mol. The predicted molar refractivity (Wildman–Crippen MR) is 89.8 cm³/mol. The number of Topliss-reactive ketones (excluding diaryl/α,β-unsaturated/α-hetero) is 1. The first-order valence-corrected chi connectivity index (χ1v) is 7.61. The van der Waals surface area contributed by atoms with Crippen LogP contribution in [0.3, 0.4) is 0 Å². The van der Waals surface area contributed by atoms with Gasteiger partial charge < -0.3 is 11.1 Å². The van der Waals surface area contributed by atoms with Crippen LogP contribution in [-0.4, -0.2) is 23.3 Å². The Bertz CT molecular complexity index is 534. The van der Waals surface area contributed by atoms with E-state index in [1.807, 2.05) is 53.7 Å². The Hall–Kier alpha value is -1.68. The Labute approximate surface area is 133 Å². The summed E-state index contributed by atoms with van der Waals surface area (Å²) in [5.74, 6) is -0.261. The molecular formula is C18H28N2O2. The van der Waals surface area contributed by atoms with Gasteiger partial charge in [0.15, 0.2) is 5.78 Å². The first-order chi connectivity index (χ1) is 9.90. The third-order valence-electron chi connectivity index (χ3n) is 3.34. The molecule has 4 heteroatoms. The number of ketones is 1. The standard InChI is InChI=1S/C18H28N2O2/c1-17(2,3)15(21)14(20-18(4,5)6)11-12-7-9-13(10-8-12)16(19)22/h7-10,14,20H,11H2,1-6H3,(H2,19,22)/t14-/m0/s1. The number of amides is 1. The highest BCUT2D eigenvalue weighted by molar-refractivity contribution is 5.92. The van der Waals surface area contributed by atoms with Crippen LogP contribution in [0.1, 0.15) is 57.5 Å². The normalized spacial score (nSPS) is 13.7. The summed E-state index contributed by atoms with van der Waals surface area (Å²) in [4.78, 5) is 23.8. The minimum absolute atomic E-state index is 0.154. The van der Waals surface area contributed by atoms with E-state index in [1.54, 1.807) is 12.1 Å². The molecular weight excluding hydrogens is 276 g/mol. The molecule has 1 rings (SSSR count). The van der Waals surface area contributed by atoms with Crippen molar-refractivity contribution in [3.63, 3.8) is 0 Å². The van der Waals surface area contributed by atoms with Crippen LogP contribution in [0.25, 0.3) is 0 Å². The highest BCUT2D eigenvalue weighted by atomic mass is 16.1. The van der Waals surface area contributed by atoms with E-state index in [9.17, 15) is 9.59 Å². The fraction of sp³-hybridized carbons (Fsp3) is 0.556. The molecule has 0 radical (unpaired) electrons. The molecule has 1 atom stereocenters. The van der Waals surface area contributed by atoms with Crippen LogP contribution < -0.4 is 11.1 Å². The molecule has 3 N–H and O–H groups in total. The quantitative estimate of drug-likeness (QED) is 0.878. The van der Waals surface area contributed by atoms with Crippen molar-refractivity contribution in [1.82, 2.24) is 5.32 Å². The van der Waals surface area contributed by atoms with Crippen molar-refractivity contribution < 1.29 is 9.59 Å². The molecule has 0 aliphatic rings. The number of rotatable bonds is 5. The van der Waals surface area contributed by atoms with Gasteiger partial charge in [0.1, 0.15) is 0 Å². The maximum atomic E-state index is 12.7. The number of nitrogens with one attached hydrogen (secondary N) is 1. The summed E-state index contributed by atoms with van der Waals surface area (Å²) in [5.41, 5.74) is 6.17. The average Bonchev–Trinajstić information content (AvgIpc) is 2.35. The third kappa shape index (κ3) is 5.60. The van der Waals surface area contributed by atoms with Gasteiger partial charge in [0.25, 0.3) is 0 Å². The molecule has 1 aromatic carbocycles. The van der Waals surface area contributed by atoms with E-state index in [2.05, 4.69) is 5.32 Å². The lowest BCUT2D eigenvalue weighted by Gasteiger charge is -2.32. The number of primary amides is 1. The second-order valence-electron chi connectivity index (χ2n) is 7.83. The molecule has 22 heavy (non-hydrogen) atoms. The van der Waals surface area contributed by atoms with Gasteiger partial charge in [-0.1, -0.05) is 32.9 Å². The maximum Gasteiger partial charge on any atom is 0.248 e. The molecule has 0 unspecified atom stereocenters. The molecule has 1 aromatic rings. The van der Waals surface area contributed by atoms with Crippen molar-refractivity contribution in [2.45, 2.75) is 59.5 Å². The number of carbonyl (C=O) groups is 2. The fourth-order valence-electron chi connectivity index (χ4n) is 2.30. The van der Waals surface area contributed by atoms with Crippen LogP contribution in [-0.2, 0) is 11.2 Å². The third-order valence-corrected chi connectivity index (χ3v) is 3.34. The topological polar surface area (TPSA) is 72.2 Å². The van der Waals surface area contributed by atoms with Crippen molar-refractivity contribution in [2.75, 3.05) is 0 Å². The van der Waals surface area contributed by atoms with Crippen LogP contribution in [0.5, 0.6) is 0 Å². The van der Waals surface area contributed by atoms with Gasteiger partial charge in [-0.05, 0) is 44.9 Å². The molecule has 0 aliphatic heterocycles. The molecule has 0 heterocycles. The molecule has 0 fully saturated rings. The van der Waals surface area contributed by atoms with E-state index in [1.165, 1.54) is 0 Å².